The molecule has 3 rings (SSSR count). The van der Waals surface area contributed by atoms with E-state index in [-0.39, 0.29) is 35.6 Å². The summed E-state index contributed by atoms with van der Waals surface area (Å²) in [6, 6.07) is 0. The number of imidazole rings is 1. The van der Waals surface area contributed by atoms with Crippen molar-refractivity contribution >= 4 is 23.0 Å². The first-order chi connectivity index (χ1) is 10.9. The molecule has 0 aliphatic carbocycles. The van der Waals surface area contributed by atoms with E-state index in [1.165, 1.54) is 13.3 Å². The van der Waals surface area contributed by atoms with Gasteiger partial charge < -0.3 is 15.2 Å². The van der Waals surface area contributed by atoms with Gasteiger partial charge >= 0.3 is 12.0 Å². The summed E-state index contributed by atoms with van der Waals surface area (Å²) in [7, 11) is 0. The molecule has 0 saturated carbocycles. The highest BCUT2D eigenvalue weighted by Gasteiger charge is 2.44. The summed E-state index contributed by atoms with van der Waals surface area (Å²) in [5.74, 6) is -0.543. The fourth-order valence-corrected chi connectivity index (χ4v) is 3.00. The molecule has 3 heterocycles. The van der Waals surface area contributed by atoms with E-state index in [1.807, 2.05) is 13.8 Å². The molecule has 2 N–H and O–H groups in total. The topological polar surface area (TPSA) is 105 Å². The Labute approximate surface area is 131 Å². The molecular formula is C14H18FN5O3. The van der Waals surface area contributed by atoms with Crippen LogP contribution < -0.4 is 5.73 Å². The smallest absolute Gasteiger partial charge is 0.312 e. The Morgan fingerprint density at radius 3 is 2.91 bits per heavy atom. The summed E-state index contributed by atoms with van der Waals surface area (Å²) < 4.78 is 26.5. The minimum absolute atomic E-state index is 0.0273. The number of fused-ring (bicyclic) bond motifs is 1. The van der Waals surface area contributed by atoms with Crippen molar-refractivity contribution in [3.8, 4) is 0 Å². The molecule has 0 radical (unpaired) electrons. The van der Waals surface area contributed by atoms with Crippen LogP contribution in [0.15, 0.2) is 6.33 Å². The summed E-state index contributed by atoms with van der Waals surface area (Å²) in [6.45, 7) is 5.21. The van der Waals surface area contributed by atoms with Crippen LogP contribution in [0.2, 0.25) is 0 Å². The number of esters is 1. The number of hydrogen-bond donors (Lipinski definition) is 1. The molecule has 8 nitrogen and oxygen atoms in total. The number of aromatic nitrogens is 4. The second kappa shape index (κ2) is 5.73. The average Bonchev–Trinajstić information content (AvgIpc) is 3.01. The van der Waals surface area contributed by atoms with Gasteiger partial charge in [-0.15, -0.1) is 0 Å². The van der Waals surface area contributed by atoms with Crippen LogP contribution in [0.5, 0.6) is 0 Å². The molecule has 1 fully saturated rings. The van der Waals surface area contributed by atoms with Crippen LogP contribution in [0.25, 0.3) is 11.2 Å². The fraction of sp³-hybridized carbons (Fsp3) is 0.571. The number of carbonyl (C=O) groups excluding carboxylic acids is 1. The van der Waals surface area contributed by atoms with Crippen LogP contribution in [0.1, 0.15) is 33.4 Å². The van der Waals surface area contributed by atoms with Gasteiger partial charge in [-0.2, -0.15) is 14.4 Å². The lowest BCUT2D eigenvalue weighted by molar-refractivity contribution is -0.150. The first-order valence-electron chi connectivity index (χ1n) is 7.40. The molecule has 124 valence electrons. The van der Waals surface area contributed by atoms with Gasteiger partial charge in [0.2, 0.25) is 0 Å². The van der Waals surface area contributed by atoms with E-state index in [9.17, 15) is 9.18 Å². The maximum Gasteiger partial charge on any atom is 0.312 e. The second-order valence-electron chi connectivity index (χ2n) is 5.61. The SMILES string of the molecule is CCC1OC(n2cnc3c(N)nc(F)nc32)[C@H](C)[C@H]1OC(C)=O. The zero-order chi connectivity index (χ0) is 16.7. The molecule has 23 heavy (non-hydrogen) atoms. The zero-order valence-electron chi connectivity index (χ0n) is 13.1. The van der Waals surface area contributed by atoms with Crippen molar-refractivity contribution in [1.82, 2.24) is 19.5 Å². The van der Waals surface area contributed by atoms with Gasteiger partial charge in [0.05, 0.1) is 12.4 Å². The molecule has 1 aliphatic heterocycles. The number of nitrogens with zero attached hydrogens (tertiary/aromatic N) is 4. The van der Waals surface area contributed by atoms with E-state index in [0.717, 1.165) is 0 Å². The Kier molecular flexibility index (Phi) is 3.88. The fourth-order valence-electron chi connectivity index (χ4n) is 3.00. The van der Waals surface area contributed by atoms with Crippen molar-refractivity contribution in [2.45, 2.75) is 45.6 Å². The highest BCUT2D eigenvalue weighted by molar-refractivity contribution is 5.81. The molecule has 2 aromatic heterocycles. The van der Waals surface area contributed by atoms with E-state index >= 15 is 0 Å². The quantitative estimate of drug-likeness (QED) is 0.672. The Hall–Kier alpha value is -2.29. The Balaban J connectivity index is 2.00. The Bertz CT molecular complexity index is 749. The van der Waals surface area contributed by atoms with E-state index < -0.39 is 12.3 Å². The maximum absolute atomic E-state index is 13.5. The molecule has 0 amide bonds. The third kappa shape index (κ3) is 2.61. The summed E-state index contributed by atoms with van der Waals surface area (Å²) in [4.78, 5) is 22.7. The lowest BCUT2D eigenvalue weighted by Crippen LogP contribution is -2.30. The molecule has 9 heteroatoms. The van der Waals surface area contributed by atoms with Gasteiger partial charge in [0.15, 0.2) is 17.0 Å². The Morgan fingerprint density at radius 2 is 2.26 bits per heavy atom. The molecule has 1 aliphatic rings. The third-order valence-corrected chi connectivity index (χ3v) is 4.05. The summed E-state index contributed by atoms with van der Waals surface area (Å²) in [5.41, 5.74) is 6.24. The normalized spacial score (nSPS) is 27.5. The van der Waals surface area contributed by atoms with E-state index in [4.69, 9.17) is 15.2 Å². The van der Waals surface area contributed by atoms with Crippen LogP contribution >= 0.6 is 0 Å². The van der Waals surface area contributed by atoms with Crippen LogP contribution in [-0.2, 0) is 14.3 Å². The lowest BCUT2D eigenvalue weighted by Gasteiger charge is -2.20. The third-order valence-electron chi connectivity index (χ3n) is 4.05. The van der Waals surface area contributed by atoms with Crippen LogP contribution in [0.4, 0.5) is 10.2 Å². The van der Waals surface area contributed by atoms with Crippen molar-refractivity contribution in [1.29, 1.82) is 0 Å². The molecule has 0 spiro atoms. The summed E-state index contributed by atoms with van der Waals surface area (Å²) in [5, 5.41) is 0. The van der Waals surface area contributed by atoms with Gasteiger partial charge in [0, 0.05) is 12.8 Å². The predicted octanol–water partition coefficient (Wildman–Crippen LogP) is 1.42. The molecule has 2 unspecified atom stereocenters. The Morgan fingerprint density at radius 1 is 1.52 bits per heavy atom. The molecule has 4 atom stereocenters. The van der Waals surface area contributed by atoms with Gasteiger partial charge in [-0.05, 0) is 6.42 Å². The predicted molar refractivity (Wildman–Crippen MR) is 78.6 cm³/mol. The minimum Gasteiger partial charge on any atom is -0.459 e. The largest absolute Gasteiger partial charge is 0.459 e. The zero-order valence-corrected chi connectivity index (χ0v) is 13.1. The number of carbonyl (C=O) groups is 1. The minimum atomic E-state index is -0.925. The first-order valence-corrected chi connectivity index (χ1v) is 7.40. The molecular weight excluding hydrogens is 305 g/mol. The summed E-state index contributed by atoms with van der Waals surface area (Å²) >= 11 is 0. The average molecular weight is 323 g/mol. The van der Waals surface area contributed by atoms with Crippen molar-refractivity contribution in [2.24, 2.45) is 5.92 Å². The number of nitrogens with two attached hydrogens (primary N) is 1. The second-order valence-corrected chi connectivity index (χ2v) is 5.61. The van der Waals surface area contributed by atoms with E-state index in [2.05, 4.69) is 15.0 Å². The standard InChI is InChI=1S/C14H18FN5O3/c1-4-8-10(22-7(3)21)6(2)13(23-8)20-5-17-9-11(16)18-14(15)19-12(9)20/h5-6,8,10,13H,4H2,1-3H3,(H2,16,18,19)/t6-,8?,10-,13?/m1/s1. The van der Waals surface area contributed by atoms with Crippen molar-refractivity contribution in [2.75, 3.05) is 5.73 Å². The highest BCUT2D eigenvalue weighted by Crippen LogP contribution is 2.39. The van der Waals surface area contributed by atoms with Crippen molar-refractivity contribution in [3.63, 3.8) is 0 Å². The van der Waals surface area contributed by atoms with Gasteiger partial charge in [-0.3, -0.25) is 9.36 Å². The monoisotopic (exact) mass is 323 g/mol. The molecule has 1 saturated heterocycles. The van der Waals surface area contributed by atoms with Crippen LogP contribution in [-0.4, -0.2) is 37.7 Å². The first kappa shape index (κ1) is 15.6. The van der Waals surface area contributed by atoms with E-state index in [1.54, 1.807) is 4.57 Å². The van der Waals surface area contributed by atoms with Crippen LogP contribution in [0.3, 0.4) is 0 Å². The van der Waals surface area contributed by atoms with Crippen LogP contribution in [0, 0.1) is 12.0 Å². The van der Waals surface area contributed by atoms with Gasteiger partial charge in [-0.1, -0.05) is 13.8 Å². The van der Waals surface area contributed by atoms with Crippen molar-refractivity contribution in [3.05, 3.63) is 12.4 Å². The maximum atomic E-state index is 13.5. The number of ether oxygens (including phenoxy) is 2. The summed E-state index contributed by atoms with van der Waals surface area (Å²) in [6.07, 6.45) is 0.120. The number of halogens is 1. The van der Waals surface area contributed by atoms with E-state index in [0.29, 0.717) is 11.9 Å². The van der Waals surface area contributed by atoms with Gasteiger partial charge in [-0.25, -0.2) is 4.98 Å². The van der Waals surface area contributed by atoms with Crippen molar-refractivity contribution < 1.29 is 18.7 Å². The number of rotatable bonds is 3. The molecule has 0 aromatic carbocycles. The number of nitrogen functional groups attached to an aromatic ring is 1. The number of hydrogen-bond acceptors (Lipinski definition) is 7. The molecule has 0 bridgehead atoms. The molecule has 2 aromatic rings. The lowest BCUT2D eigenvalue weighted by atomic mass is 10.0. The van der Waals surface area contributed by atoms with Gasteiger partial charge in [0.1, 0.15) is 12.3 Å². The number of anilines is 1. The highest BCUT2D eigenvalue weighted by atomic mass is 19.1. The van der Waals surface area contributed by atoms with Gasteiger partial charge in [0.25, 0.3) is 0 Å².